The molecule has 0 radical (unpaired) electrons. The molecule has 0 amide bonds. The van der Waals surface area contributed by atoms with Gasteiger partial charge in [0.1, 0.15) is 11.5 Å². The lowest BCUT2D eigenvalue weighted by Crippen LogP contribution is -2.42. The first-order valence-corrected chi connectivity index (χ1v) is 13.5. The number of anilines is 1. The Morgan fingerprint density at radius 3 is 2.28 bits per heavy atom. The predicted octanol–water partition coefficient (Wildman–Crippen LogP) is 1.91. The molecule has 0 bridgehead atoms. The van der Waals surface area contributed by atoms with Gasteiger partial charge in [-0.1, -0.05) is 36.4 Å². The third-order valence-electron chi connectivity index (χ3n) is 6.63. The fourth-order valence-corrected chi connectivity index (χ4v) is 6.37. The van der Waals surface area contributed by atoms with Crippen molar-refractivity contribution in [1.29, 1.82) is 5.26 Å². The minimum absolute atomic E-state index is 0.0118. The number of nitriles is 1. The summed E-state index contributed by atoms with van der Waals surface area (Å²) in [5, 5.41) is 10.2. The Morgan fingerprint density at radius 2 is 1.69 bits per heavy atom. The lowest BCUT2D eigenvalue weighted by Gasteiger charge is -2.36. The third kappa shape index (κ3) is 4.99. The smallest absolute Gasteiger partial charge is 0.355 e. The standard InChI is InChI=1S/C27H28N4O7S/c1-17-9-10-19(15-21(17)39(34,35)30-11-13-38-14-12-30)31-24(27(33)37-3)23(26(32)36-2)22(20(16-28)25(31)29)18-7-5-4-6-8-18/h4-10,15,22H,11-14,29H2,1-3H3. The van der Waals surface area contributed by atoms with E-state index in [0.29, 0.717) is 11.1 Å². The Kier molecular flexibility index (Phi) is 8.06. The molecular formula is C27H28N4O7S. The van der Waals surface area contributed by atoms with Crippen LogP contribution in [0.5, 0.6) is 0 Å². The Labute approximate surface area is 226 Å². The van der Waals surface area contributed by atoms with Crippen LogP contribution in [0.25, 0.3) is 0 Å². The molecule has 2 aliphatic rings. The van der Waals surface area contributed by atoms with Crippen molar-refractivity contribution in [1.82, 2.24) is 4.31 Å². The molecule has 1 saturated heterocycles. The molecule has 2 N–H and O–H groups in total. The topological polar surface area (TPSA) is 152 Å². The van der Waals surface area contributed by atoms with Crippen molar-refractivity contribution in [2.75, 3.05) is 45.4 Å². The van der Waals surface area contributed by atoms with Gasteiger partial charge >= 0.3 is 11.9 Å². The molecule has 0 saturated carbocycles. The lowest BCUT2D eigenvalue weighted by molar-refractivity contribution is -0.139. The predicted molar refractivity (Wildman–Crippen MR) is 140 cm³/mol. The summed E-state index contributed by atoms with van der Waals surface area (Å²) >= 11 is 0. The first-order valence-electron chi connectivity index (χ1n) is 12.0. The number of nitrogens with zero attached hydrogens (tertiary/aromatic N) is 3. The molecule has 11 nitrogen and oxygen atoms in total. The average Bonchev–Trinajstić information content (AvgIpc) is 2.96. The first kappa shape index (κ1) is 27.8. The van der Waals surface area contributed by atoms with Crippen LogP contribution in [0.2, 0.25) is 0 Å². The molecule has 12 heteroatoms. The van der Waals surface area contributed by atoms with Crippen molar-refractivity contribution in [3.8, 4) is 6.07 Å². The molecule has 0 aliphatic carbocycles. The number of allylic oxidation sites excluding steroid dienone is 1. The van der Waals surface area contributed by atoms with Crippen LogP contribution in [-0.2, 0) is 33.8 Å². The van der Waals surface area contributed by atoms with E-state index in [1.54, 1.807) is 49.4 Å². The first-order chi connectivity index (χ1) is 18.7. The van der Waals surface area contributed by atoms with Gasteiger partial charge in [0.05, 0.1) is 55.5 Å². The van der Waals surface area contributed by atoms with E-state index in [-0.39, 0.29) is 59.6 Å². The van der Waals surface area contributed by atoms with E-state index in [1.165, 1.54) is 15.3 Å². The van der Waals surface area contributed by atoms with E-state index in [1.807, 2.05) is 0 Å². The van der Waals surface area contributed by atoms with Crippen LogP contribution in [0.4, 0.5) is 5.69 Å². The van der Waals surface area contributed by atoms with E-state index in [9.17, 15) is 23.3 Å². The van der Waals surface area contributed by atoms with Crippen LogP contribution in [0, 0.1) is 18.3 Å². The summed E-state index contributed by atoms with van der Waals surface area (Å²) in [7, 11) is -1.64. The molecule has 2 aromatic carbocycles. The summed E-state index contributed by atoms with van der Waals surface area (Å²) in [4.78, 5) is 27.6. The summed E-state index contributed by atoms with van der Waals surface area (Å²) in [5.74, 6) is -2.98. The maximum absolute atomic E-state index is 13.6. The fraction of sp³-hybridized carbons (Fsp3) is 0.296. The number of morpholine rings is 1. The summed E-state index contributed by atoms with van der Waals surface area (Å²) < 4.78 is 43.8. The fourth-order valence-electron chi connectivity index (χ4n) is 4.71. The second-order valence-electron chi connectivity index (χ2n) is 8.80. The van der Waals surface area contributed by atoms with Gasteiger partial charge in [0.2, 0.25) is 10.0 Å². The zero-order valence-corrected chi connectivity index (χ0v) is 22.5. The summed E-state index contributed by atoms with van der Waals surface area (Å²) in [6, 6.07) is 15.2. The SMILES string of the molecule is COC(=O)C1=C(C(=O)OC)N(c2ccc(C)c(S(=O)(=O)N3CCOCC3)c2)C(N)=C(C#N)C1c1ccccc1. The molecule has 1 unspecified atom stereocenters. The second-order valence-corrected chi connectivity index (χ2v) is 10.7. The van der Waals surface area contributed by atoms with Gasteiger partial charge in [-0.05, 0) is 30.2 Å². The highest BCUT2D eigenvalue weighted by Crippen LogP contribution is 2.43. The molecule has 39 heavy (non-hydrogen) atoms. The molecule has 1 atom stereocenters. The lowest BCUT2D eigenvalue weighted by atomic mass is 9.81. The van der Waals surface area contributed by atoms with Crippen molar-refractivity contribution in [3.63, 3.8) is 0 Å². The number of hydrogen-bond donors (Lipinski definition) is 1. The van der Waals surface area contributed by atoms with E-state index in [4.69, 9.17) is 19.9 Å². The number of hydrogen-bond acceptors (Lipinski definition) is 10. The van der Waals surface area contributed by atoms with Gasteiger partial charge in [-0.25, -0.2) is 18.0 Å². The number of methoxy groups -OCH3 is 2. The van der Waals surface area contributed by atoms with E-state index >= 15 is 0 Å². The van der Waals surface area contributed by atoms with Crippen LogP contribution in [-0.4, -0.2) is 65.2 Å². The summed E-state index contributed by atoms with van der Waals surface area (Å²) in [6.45, 7) is 2.56. The number of ether oxygens (including phenoxy) is 3. The number of aryl methyl sites for hydroxylation is 1. The van der Waals surface area contributed by atoms with Crippen molar-refractivity contribution in [2.24, 2.45) is 5.73 Å². The maximum Gasteiger partial charge on any atom is 0.355 e. The Balaban J connectivity index is 2.00. The van der Waals surface area contributed by atoms with Gasteiger partial charge in [0.15, 0.2) is 0 Å². The molecule has 2 aliphatic heterocycles. The molecule has 2 aromatic rings. The number of benzene rings is 2. The van der Waals surface area contributed by atoms with Gasteiger partial charge in [0.25, 0.3) is 0 Å². The Morgan fingerprint density at radius 1 is 1.05 bits per heavy atom. The highest BCUT2D eigenvalue weighted by molar-refractivity contribution is 7.89. The second kappa shape index (κ2) is 11.3. The van der Waals surface area contributed by atoms with E-state index in [0.717, 1.165) is 14.2 Å². The number of sulfonamides is 1. The van der Waals surface area contributed by atoms with Gasteiger partial charge in [-0.3, -0.25) is 4.90 Å². The van der Waals surface area contributed by atoms with E-state index < -0.39 is 27.9 Å². The summed E-state index contributed by atoms with van der Waals surface area (Å²) in [6.07, 6.45) is 0. The average molecular weight is 553 g/mol. The molecule has 2 heterocycles. The summed E-state index contributed by atoms with van der Waals surface area (Å²) in [5.41, 5.74) is 7.19. The van der Waals surface area contributed by atoms with Crippen molar-refractivity contribution >= 4 is 27.6 Å². The largest absolute Gasteiger partial charge is 0.466 e. The van der Waals surface area contributed by atoms with Crippen molar-refractivity contribution in [3.05, 3.63) is 82.3 Å². The third-order valence-corrected chi connectivity index (χ3v) is 8.67. The highest BCUT2D eigenvalue weighted by Gasteiger charge is 2.43. The number of esters is 2. The molecule has 204 valence electrons. The van der Waals surface area contributed by atoms with Gasteiger partial charge in [0, 0.05) is 18.8 Å². The Bertz CT molecular complexity index is 1500. The Hall–Kier alpha value is -4.18. The molecule has 1 fully saturated rings. The minimum atomic E-state index is -3.94. The normalized spacial score (nSPS) is 18.5. The number of rotatable bonds is 6. The van der Waals surface area contributed by atoms with Crippen LogP contribution in [0.3, 0.4) is 0 Å². The van der Waals surface area contributed by atoms with Gasteiger partial charge < -0.3 is 19.9 Å². The van der Waals surface area contributed by atoms with E-state index in [2.05, 4.69) is 6.07 Å². The van der Waals surface area contributed by atoms with Crippen LogP contribution >= 0.6 is 0 Å². The molecule has 4 rings (SSSR count). The number of carbonyl (C=O) groups is 2. The van der Waals surface area contributed by atoms with Gasteiger partial charge in [-0.15, -0.1) is 0 Å². The molecule has 0 spiro atoms. The van der Waals surface area contributed by atoms with Crippen molar-refractivity contribution in [2.45, 2.75) is 17.7 Å². The molecule has 0 aromatic heterocycles. The minimum Gasteiger partial charge on any atom is -0.466 e. The molecular weight excluding hydrogens is 524 g/mol. The zero-order valence-electron chi connectivity index (χ0n) is 21.7. The zero-order chi connectivity index (χ0) is 28.3. The van der Waals surface area contributed by atoms with Crippen LogP contribution in [0.15, 0.2) is 76.1 Å². The van der Waals surface area contributed by atoms with Crippen LogP contribution < -0.4 is 10.6 Å². The van der Waals surface area contributed by atoms with Crippen molar-refractivity contribution < 1.29 is 32.2 Å². The maximum atomic E-state index is 13.6. The number of nitrogens with two attached hydrogens (primary N) is 1. The highest BCUT2D eigenvalue weighted by atomic mass is 32.2. The quantitative estimate of drug-likeness (QED) is 0.526. The monoisotopic (exact) mass is 552 g/mol. The number of carbonyl (C=O) groups excluding carboxylic acids is 2. The van der Waals surface area contributed by atoms with Gasteiger partial charge in [-0.2, -0.15) is 9.57 Å². The van der Waals surface area contributed by atoms with Crippen LogP contribution in [0.1, 0.15) is 17.0 Å².